The summed E-state index contributed by atoms with van der Waals surface area (Å²) in [6.45, 7) is 2.49. The molecule has 0 radical (unpaired) electrons. The highest BCUT2D eigenvalue weighted by atomic mass is 16.5. The van der Waals surface area contributed by atoms with E-state index in [9.17, 15) is 9.90 Å². The molecule has 1 atom stereocenters. The Morgan fingerprint density at radius 1 is 1.30 bits per heavy atom. The molecular weight excluding hydrogens is 256 g/mol. The number of fused-ring (bicyclic) bond motifs is 1. The van der Waals surface area contributed by atoms with Crippen molar-refractivity contribution < 1.29 is 14.6 Å². The van der Waals surface area contributed by atoms with Gasteiger partial charge < -0.3 is 14.4 Å². The van der Waals surface area contributed by atoms with Crippen molar-refractivity contribution in [2.45, 2.75) is 6.04 Å². The van der Waals surface area contributed by atoms with Crippen LogP contribution in [0.4, 0.5) is 0 Å². The van der Waals surface area contributed by atoms with Crippen molar-refractivity contribution >= 4 is 16.9 Å². The molecule has 1 aliphatic heterocycles. The summed E-state index contributed by atoms with van der Waals surface area (Å²) in [4.78, 5) is 13.7. The SMILES string of the molecule is Cn1cc(C(C(=O)O)N2CCOCC2)c2ccccc21. The van der Waals surface area contributed by atoms with Crippen LogP contribution in [0.25, 0.3) is 10.9 Å². The summed E-state index contributed by atoms with van der Waals surface area (Å²) in [5.41, 5.74) is 1.92. The van der Waals surface area contributed by atoms with E-state index in [2.05, 4.69) is 0 Å². The molecule has 1 N–H and O–H groups in total. The summed E-state index contributed by atoms with van der Waals surface area (Å²) in [5.74, 6) is -0.803. The van der Waals surface area contributed by atoms with Crippen molar-refractivity contribution in [1.29, 1.82) is 0 Å². The van der Waals surface area contributed by atoms with E-state index in [0.717, 1.165) is 16.5 Å². The number of morpholine rings is 1. The second-order valence-corrected chi connectivity index (χ2v) is 5.10. The van der Waals surface area contributed by atoms with Crippen LogP contribution >= 0.6 is 0 Å². The molecule has 1 aromatic heterocycles. The maximum Gasteiger partial charge on any atom is 0.325 e. The van der Waals surface area contributed by atoms with Gasteiger partial charge in [0.15, 0.2) is 0 Å². The van der Waals surface area contributed by atoms with Gasteiger partial charge in [0, 0.05) is 42.8 Å². The number of rotatable bonds is 3. The van der Waals surface area contributed by atoms with Crippen molar-refractivity contribution in [3.63, 3.8) is 0 Å². The van der Waals surface area contributed by atoms with E-state index in [1.165, 1.54) is 0 Å². The lowest BCUT2D eigenvalue weighted by Crippen LogP contribution is -2.42. The first kappa shape index (κ1) is 13.1. The number of benzene rings is 1. The second-order valence-electron chi connectivity index (χ2n) is 5.10. The average molecular weight is 274 g/mol. The summed E-state index contributed by atoms with van der Waals surface area (Å²) in [7, 11) is 1.95. The van der Waals surface area contributed by atoms with Crippen LogP contribution in [0.15, 0.2) is 30.5 Å². The third-order valence-corrected chi connectivity index (χ3v) is 3.87. The number of aryl methyl sites for hydroxylation is 1. The second kappa shape index (κ2) is 5.26. The fraction of sp³-hybridized carbons (Fsp3) is 0.400. The van der Waals surface area contributed by atoms with Gasteiger partial charge in [-0.2, -0.15) is 0 Å². The highest BCUT2D eigenvalue weighted by Gasteiger charge is 2.31. The fourth-order valence-electron chi connectivity index (χ4n) is 2.91. The molecule has 1 aromatic carbocycles. The highest BCUT2D eigenvalue weighted by Crippen LogP contribution is 2.30. The number of hydrogen-bond donors (Lipinski definition) is 1. The van der Waals surface area contributed by atoms with Crippen molar-refractivity contribution in [2.75, 3.05) is 26.3 Å². The first-order valence-corrected chi connectivity index (χ1v) is 6.77. The van der Waals surface area contributed by atoms with Gasteiger partial charge in [-0.25, -0.2) is 0 Å². The van der Waals surface area contributed by atoms with E-state index < -0.39 is 12.0 Å². The third kappa shape index (κ3) is 2.19. The van der Waals surface area contributed by atoms with Gasteiger partial charge >= 0.3 is 5.97 Å². The maximum absolute atomic E-state index is 11.8. The lowest BCUT2D eigenvalue weighted by molar-refractivity contribution is -0.145. The summed E-state index contributed by atoms with van der Waals surface area (Å²) in [6, 6.07) is 7.31. The predicted molar refractivity (Wildman–Crippen MR) is 75.7 cm³/mol. The Kier molecular flexibility index (Phi) is 3.46. The first-order valence-electron chi connectivity index (χ1n) is 6.77. The van der Waals surface area contributed by atoms with E-state index >= 15 is 0 Å². The Morgan fingerprint density at radius 3 is 2.70 bits per heavy atom. The minimum atomic E-state index is -0.803. The number of aromatic nitrogens is 1. The van der Waals surface area contributed by atoms with Crippen LogP contribution in [0, 0.1) is 0 Å². The Labute approximate surface area is 117 Å². The summed E-state index contributed by atoms with van der Waals surface area (Å²) in [6.07, 6.45) is 1.93. The molecule has 20 heavy (non-hydrogen) atoms. The van der Waals surface area contributed by atoms with Crippen molar-refractivity contribution in [3.05, 3.63) is 36.0 Å². The quantitative estimate of drug-likeness (QED) is 0.924. The van der Waals surface area contributed by atoms with Gasteiger partial charge in [-0.05, 0) is 6.07 Å². The number of carboxylic acid groups (broad SMARTS) is 1. The molecule has 1 unspecified atom stereocenters. The molecule has 2 heterocycles. The topological polar surface area (TPSA) is 54.7 Å². The minimum Gasteiger partial charge on any atom is -0.480 e. The fourth-order valence-corrected chi connectivity index (χ4v) is 2.91. The van der Waals surface area contributed by atoms with E-state index in [1.807, 2.05) is 47.0 Å². The Bertz CT molecular complexity index is 629. The molecule has 106 valence electrons. The van der Waals surface area contributed by atoms with Gasteiger partial charge in [-0.3, -0.25) is 9.69 Å². The monoisotopic (exact) mass is 274 g/mol. The normalized spacial score (nSPS) is 18.2. The molecular formula is C15H18N2O3. The smallest absolute Gasteiger partial charge is 0.325 e. The van der Waals surface area contributed by atoms with E-state index in [1.54, 1.807) is 0 Å². The van der Waals surface area contributed by atoms with Crippen LogP contribution in [0.5, 0.6) is 0 Å². The van der Waals surface area contributed by atoms with Crippen LogP contribution in [0.2, 0.25) is 0 Å². The molecule has 0 saturated carbocycles. The average Bonchev–Trinajstić information content (AvgIpc) is 2.78. The molecule has 3 rings (SSSR count). The minimum absolute atomic E-state index is 0.592. The number of ether oxygens (including phenoxy) is 1. The molecule has 0 aliphatic carbocycles. The summed E-state index contributed by atoms with van der Waals surface area (Å²) in [5, 5.41) is 10.7. The molecule has 1 fully saturated rings. The van der Waals surface area contributed by atoms with Gasteiger partial charge in [0.25, 0.3) is 0 Å². The number of carboxylic acids is 1. The molecule has 2 aromatic rings. The number of para-hydroxylation sites is 1. The summed E-state index contributed by atoms with van der Waals surface area (Å²) < 4.78 is 7.31. The van der Waals surface area contributed by atoms with E-state index in [-0.39, 0.29) is 0 Å². The molecule has 1 saturated heterocycles. The largest absolute Gasteiger partial charge is 0.480 e. The van der Waals surface area contributed by atoms with Crippen LogP contribution in [-0.2, 0) is 16.6 Å². The number of nitrogens with zero attached hydrogens (tertiary/aromatic N) is 2. The zero-order chi connectivity index (χ0) is 14.1. The molecule has 0 bridgehead atoms. The number of hydrogen-bond acceptors (Lipinski definition) is 3. The standard InChI is InChI=1S/C15H18N2O3/c1-16-10-12(11-4-2-3-5-13(11)16)14(15(18)19)17-6-8-20-9-7-17/h2-5,10,14H,6-9H2,1H3,(H,18,19). The van der Waals surface area contributed by atoms with Gasteiger partial charge in [-0.15, -0.1) is 0 Å². The van der Waals surface area contributed by atoms with Crippen LogP contribution in [-0.4, -0.2) is 46.8 Å². The predicted octanol–water partition coefficient (Wildman–Crippen LogP) is 1.64. The third-order valence-electron chi connectivity index (χ3n) is 3.87. The molecule has 5 heteroatoms. The molecule has 1 aliphatic rings. The molecule has 0 amide bonds. The van der Waals surface area contributed by atoms with Gasteiger partial charge in [0.05, 0.1) is 13.2 Å². The molecule has 0 spiro atoms. The van der Waals surface area contributed by atoms with Crippen LogP contribution < -0.4 is 0 Å². The lowest BCUT2D eigenvalue weighted by atomic mass is 10.0. The zero-order valence-electron chi connectivity index (χ0n) is 11.5. The van der Waals surface area contributed by atoms with Gasteiger partial charge in [0.2, 0.25) is 0 Å². The van der Waals surface area contributed by atoms with Crippen LogP contribution in [0.1, 0.15) is 11.6 Å². The van der Waals surface area contributed by atoms with Gasteiger partial charge in [0.1, 0.15) is 6.04 Å². The van der Waals surface area contributed by atoms with Crippen molar-refractivity contribution in [1.82, 2.24) is 9.47 Å². The number of carbonyl (C=O) groups is 1. The Balaban J connectivity index is 2.07. The van der Waals surface area contributed by atoms with Crippen molar-refractivity contribution in [3.8, 4) is 0 Å². The Hall–Kier alpha value is -1.85. The maximum atomic E-state index is 11.8. The van der Waals surface area contributed by atoms with Gasteiger partial charge in [-0.1, -0.05) is 18.2 Å². The van der Waals surface area contributed by atoms with Crippen molar-refractivity contribution in [2.24, 2.45) is 7.05 Å². The van der Waals surface area contributed by atoms with E-state index in [4.69, 9.17) is 4.74 Å². The number of aliphatic carboxylic acids is 1. The molecule has 5 nitrogen and oxygen atoms in total. The Morgan fingerprint density at radius 2 is 2.00 bits per heavy atom. The highest BCUT2D eigenvalue weighted by molar-refractivity contribution is 5.89. The lowest BCUT2D eigenvalue weighted by Gasteiger charge is -2.31. The summed E-state index contributed by atoms with van der Waals surface area (Å²) >= 11 is 0. The zero-order valence-corrected chi connectivity index (χ0v) is 11.5. The van der Waals surface area contributed by atoms with Crippen LogP contribution in [0.3, 0.4) is 0 Å². The van der Waals surface area contributed by atoms with E-state index in [0.29, 0.717) is 26.3 Å². The first-order chi connectivity index (χ1) is 9.68.